The average Bonchev–Trinajstić information content (AvgIpc) is 2.54. The maximum Gasteiger partial charge on any atom is 0.169 e. The summed E-state index contributed by atoms with van der Waals surface area (Å²) in [5.41, 5.74) is 2.43. The number of rotatable bonds is 7. The van der Waals surface area contributed by atoms with Crippen LogP contribution < -0.4 is 9.47 Å². The zero-order chi connectivity index (χ0) is 15.1. The van der Waals surface area contributed by atoms with E-state index in [0.717, 1.165) is 22.7 Å². The first-order valence-corrected chi connectivity index (χ1v) is 7.92. The lowest BCUT2D eigenvalue weighted by molar-refractivity contribution is 0.112. The number of ether oxygens (including phenoxy) is 2. The van der Waals surface area contributed by atoms with Gasteiger partial charge in [0.2, 0.25) is 0 Å². The van der Waals surface area contributed by atoms with Crippen molar-refractivity contribution < 1.29 is 14.3 Å². The minimum atomic E-state index is 0.515. The van der Waals surface area contributed by atoms with Gasteiger partial charge in [0.1, 0.15) is 6.29 Å². The first-order chi connectivity index (χ1) is 10.3. The van der Waals surface area contributed by atoms with E-state index in [1.165, 1.54) is 0 Å². The molecule has 3 nitrogen and oxygen atoms in total. The van der Waals surface area contributed by atoms with Crippen LogP contribution in [0.2, 0.25) is 0 Å². The van der Waals surface area contributed by atoms with Crippen molar-refractivity contribution in [2.45, 2.75) is 6.92 Å². The molecule has 0 fully saturated rings. The predicted molar refractivity (Wildman–Crippen MR) is 87.7 cm³/mol. The molecule has 0 saturated carbocycles. The van der Waals surface area contributed by atoms with Crippen molar-refractivity contribution in [2.24, 2.45) is 0 Å². The Morgan fingerprint density at radius 1 is 1.14 bits per heavy atom. The van der Waals surface area contributed by atoms with Crippen LogP contribution in [0.5, 0.6) is 11.5 Å². The summed E-state index contributed by atoms with van der Waals surface area (Å²) in [5, 5.41) is 0.724. The molecule has 0 heterocycles. The Morgan fingerprint density at radius 3 is 2.52 bits per heavy atom. The molecule has 2 aromatic rings. The summed E-state index contributed by atoms with van der Waals surface area (Å²) < 4.78 is 11.5. The van der Waals surface area contributed by atoms with Gasteiger partial charge in [0.05, 0.1) is 13.2 Å². The minimum Gasteiger partial charge on any atom is -0.490 e. The van der Waals surface area contributed by atoms with Crippen molar-refractivity contribution in [1.29, 1.82) is 0 Å². The van der Waals surface area contributed by atoms with E-state index in [1.807, 2.05) is 43.3 Å². The third-order valence-corrected chi connectivity index (χ3v) is 3.25. The van der Waals surface area contributed by atoms with Crippen LogP contribution >= 0.6 is 15.9 Å². The summed E-state index contributed by atoms with van der Waals surface area (Å²) in [6.07, 6.45) is 0.823. The van der Waals surface area contributed by atoms with Crippen molar-refractivity contribution in [3.8, 4) is 22.6 Å². The number of halogens is 1. The van der Waals surface area contributed by atoms with Crippen LogP contribution in [0.3, 0.4) is 0 Å². The minimum absolute atomic E-state index is 0.515. The molecular weight excluding hydrogens is 332 g/mol. The van der Waals surface area contributed by atoms with Crippen molar-refractivity contribution in [2.75, 3.05) is 18.5 Å². The first-order valence-electron chi connectivity index (χ1n) is 6.80. The Hall–Kier alpha value is -1.81. The number of carbonyl (C=O) groups is 1. The van der Waals surface area contributed by atoms with Crippen LogP contribution in [-0.2, 0) is 0 Å². The highest BCUT2D eigenvalue weighted by atomic mass is 79.9. The normalized spacial score (nSPS) is 10.2. The Balaban J connectivity index is 2.58. The third kappa shape index (κ3) is 3.85. The molecule has 0 radical (unpaired) electrons. The van der Waals surface area contributed by atoms with E-state index < -0.39 is 0 Å². The molecular formula is C17H17BrO3. The van der Waals surface area contributed by atoms with Gasteiger partial charge in [-0.3, -0.25) is 4.79 Å². The van der Waals surface area contributed by atoms with E-state index in [-0.39, 0.29) is 0 Å². The third-order valence-electron chi connectivity index (χ3n) is 2.92. The second-order valence-electron chi connectivity index (χ2n) is 4.35. The van der Waals surface area contributed by atoms with Crippen molar-refractivity contribution in [1.82, 2.24) is 0 Å². The molecule has 2 rings (SSSR count). The van der Waals surface area contributed by atoms with Crippen molar-refractivity contribution in [3.63, 3.8) is 0 Å². The molecule has 110 valence electrons. The molecule has 0 spiro atoms. The summed E-state index contributed by atoms with van der Waals surface area (Å²) >= 11 is 3.36. The molecule has 0 atom stereocenters. The second kappa shape index (κ2) is 7.84. The van der Waals surface area contributed by atoms with Gasteiger partial charge in [-0.2, -0.15) is 0 Å². The van der Waals surface area contributed by atoms with Gasteiger partial charge in [0.25, 0.3) is 0 Å². The van der Waals surface area contributed by atoms with Crippen molar-refractivity contribution >= 4 is 22.2 Å². The van der Waals surface area contributed by atoms with Gasteiger partial charge in [-0.05, 0) is 24.6 Å². The number of benzene rings is 2. The monoisotopic (exact) mass is 348 g/mol. The highest BCUT2D eigenvalue weighted by molar-refractivity contribution is 9.09. The average molecular weight is 349 g/mol. The number of alkyl halides is 1. The van der Waals surface area contributed by atoms with Gasteiger partial charge >= 0.3 is 0 Å². The first kappa shape index (κ1) is 15.6. The summed E-state index contributed by atoms with van der Waals surface area (Å²) in [4.78, 5) is 11.2. The molecule has 0 bridgehead atoms. The van der Waals surface area contributed by atoms with E-state index >= 15 is 0 Å². The number of aldehydes is 1. The molecule has 0 amide bonds. The van der Waals surface area contributed by atoms with Crippen LogP contribution in [0, 0.1) is 0 Å². The lowest BCUT2D eigenvalue weighted by Crippen LogP contribution is -2.04. The molecule has 0 saturated heterocycles. The molecule has 0 N–H and O–H groups in total. The fraction of sp³-hybridized carbons (Fsp3) is 0.235. The smallest absolute Gasteiger partial charge is 0.169 e. The summed E-state index contributed by atoms with van der Waals surface area (Å²) in [6.45, 7) is 2.95. The lowest BCUT2D eigenvalue weighted by Gasteiger charge is -2.16. The van der Waals surface area contributed by atoms with Crippen LogP contribution in [0.1, 0.15) is 17.3 Å². The quantitative estimate of drug-likeness (QED) is 0.551. The fourth-order valence-electron chi connectivity index (χ4n) is 2.08. The standard InChI is InChI=1S/C17H17BrO3/c1-2-20-16-11-13(12-19)10-15(17(16)21-9-8-18)14-6-4-3-5-7-14/h3-7,10-12H,2,8-9H2,1H3. The Morgan fingerprint density at radius 2 is 1.90 bits per heavy atom. The Bertz CT molecular complexity index is 596. The Kier molecular flexibility index (Phi) is 5.81. The summed E-state index contributed by atoms with van der Waals surface area (Å²) in [5.74, 6) is 1.27. The fourth-order valence-corrected chi connectivity index (χ4v) is 2.24. The highest BCUT2D eigenvalue weighted by Gasteiger charge is 2.15. The largest absolute Gasteiger partial charge is 0.490 e. The van der Waals surface area contributed by atoms with Gasteiger partial charge in [0, 0.05) is 16.5 Å². The van der Waals surface area contributed by atoms with Gasteiger partial charge in [0.15, 0.2) is 11.5 Å². The summed E-state index contributed by atoms with van der Waals surface area (Å²) in [7, 11) is 0. The van der Waals surface area contributed by atoms with Gasteiger partial charge in [-0.25, -0.2) is 0 Å². The lowest BCUT2D eigenvalue weighted by atomic mass is 10.0. The van der Waals surface area contributed by atoms with E-state index in [9.17, 15) is 4.79 Å². The van der Waals surface area contributed by atoms with Crippen LogP contribution in [0.15, 0.2) is 42.5 Å². The van der Waals surface area contributed by atoms with E-state index in [0.29, 0.717) is 30.3 Å². The highest BCUT2D eigenvalue weighted by Crippen LogP contribution is 2.39. The molecule has 0 aliphatic heterocycles. The maximum absolute atomic E-state index is 11.2. The van der Waals surface area contributed by atoms with E-state index in [2.05, 4.69) is 15.9 Å². The topological polar surface area (TPSA) is 35.5 Å². The number of hydrogen-bond acceptors (Lipinski definition) is 3. The van der Waals surface area contributed by atoms with Gasteiger partial charge in [-0.1, -0.05) is 46.3 Å². The van der Waals surface area contributed by atoms with Crippen LogP contribution in [0.4, 0.5) is 0 Å². The maximum atomic E-state index is 11.2. The predicted octanol–water partition coefficient (Wildman–Crippen LogP) is 4.34. The van der Waals surface area contributed by atoms with Crippen LogP contribution in [0.25, 0.3) is 11.1 Å². The molecule has 0 aromatic heterocycles. The van der Waals surface area contributed by atoms with E-state index in [1.54, 1.807) is 6.07 Å². The Labute approximate surface area is 133 Å². The zero-order valence-electron chi connectivity index (χ0n) is 11.8. The molecule has 0 aliphatic rings. The molecule has 21 heavy (non-hydrogen) atoms. The number of hydrogen-bond donors (Lipinski definition) is 0. The van der Waals surface area contributed by atoms with Crippen LogP contribution in [-0.4, -0.2) is 24.8 Å². The van der Waals surface area contributed by atoms with Crippen molar-refractivity contribution in [3.05, 3.63) is 48.0 Å². The van der Waals surface area contributed by atoms with E-state index in [4.69, 9.17) is 9.47 Å². The molecule has 4 heteroatoms. The van der Waals surface area contributed by atoms with Gasteiger partial charge in [-0.15, -0.1) is 0 Å². The molecule has 2 aromatic carbocycles. The second-order valence-corrected chi connectivity index (χ2v) is 5.14. The summed E-state index contributed by atoms with van der Waals surface area (Å²) in [6, 6.07) is 13.4. The molecule has 0 aliphatic carbocycles. The van der Waals surface area contributed by atoms with Gasteiger partial charge < -0.3 is 9.47 Å². The zero-order valence-corrected chi connectivity index (χ0v) is 13.4. The SMILES string of the molecule is CCOc1cc(C=O)cc(-c2ccccc2)c1OCCBr. The molecule has 0 unspecified atom stereocenters. The number of carbonyl (C=O) groups excluding carboxylic acids is 1.